The lowest BCUT2D eigenvalue weighted by Gasteiger charge is -2.07. The molecule has 2 aromatic carbocycles. The van der Waals surface area contributed by atoms with Crippen LogP contribution in [0.15, 0.2) is 41.5 Å². The van der Waals surface area contributed by atoms with Crippen LogP contribution in [0.2, 0.25) is 5.02 Å². The Hall–Kier alpha value is -3.06. The first-order chi connectivity index (χ1) is 12.9. The largest absolute Gasteiger partial charge is 0.504 e. The van der Waals surface area contributed by atoms with Gasteiger partial charge in [-0.1, -0.05) is 23.7 Å². The summed E-state index contributed by atoms with van der Waals surface area (Å²) < 4.78 is 4.99. The molecule has 0 unspecified atom stereocenters. The third-order valence-electron chi connectivity index (χ3n) is 3.68. The number of hydrogen-bond donors (Lipinski definition) is 3. The molecule has 0 fully saturated rings. The molecular weight excluding hydrogens is 370 g/mol. The molecule has 0 aromatic heterocycles. The number of rotatable bonds is 7. The van der Waals surface area contributed by atoms with Gasteiger partial charge in [0.25, 0.3) is 0 Å². The van der Waals surface area contributed by atoms with Crippen molar-refractivity contribution in [3.63, 3.8) is 0 Å². The van der Waals surface area contributed by atoms with Crippen LogP contribution >= 0.6 is 11.6 Å². The van der Waals surface area contributed by atoms with E-state index in [1.165, 1.54) is 13.3 Å². The Bertz CT molecular complexity index is 868. The van der Waals surface area contributed by atoms with E-state index in [-0.39, 0.29) is 24.5 Å². The minimum atomic E-state index is -0.425. The first-order valence-corrected chi connectivity index (χ1v) is 8.52. The minimum absolute atomic E-state index is 0.00272. The van der Waals surface area contributed by atoms with Gasteiger partial charge in [0.2, 0.25) is 11.8 Å². The number of nitrogens with zero attached hydrogens (tertiary/aromatic N) is 1. The molecule has 8 heteroatoms. The summed E-state index contributed by atoms with van der Waals surface area (Å²) >= 11 is 6.01. The number of aromatic hydroxyl groups is 1. The number of aryl methyl sites for hydroxylation is 1. The number of hydrogen-bond acceptors (Lipinski definition) is 5. The maximum atomic E-state index is 11.9. The molecule has 0 atom stereocenters. The lowest BCUT2D eigenvalue weighted by Crippen LogP contribution is -2.20. The second-order valence-corrected chi connectivity index (χ2v) is 6.11. The number of amides is 2. The summed E-state index contributed by atoms with van der Waals surface area (Å²) in [5, 5.41) is 16.9. The third kappa shape index (κ3) is 6.00. The van der Waals surface area contributed by atoms with Crippen LogP contribution in [0.25, 0.3) is 0 Å². The highest BCUT2D eigenvalue weighted by molar-refractivity contribution is 6.31. The number of carbonyl (C=O) groups excluding carboxylic acids is 2. The van der Waals surface area contributed by atoms with Gasteiger partial charge < -0.3 is 15.2 Å². The van der Waals surface area contributed by atoms with Crippen LogP contribution in [0, 0.1) is 6.92 Å². The number of phenolic OH excluding ortho intramolecular Hbond substituents is 1. The zero-order valence-corrected chi connectivity index (χ0v) is 15.7. The number of phenols is 1. The highest BCUT2D eigenvalue weighted by atomic mass is 35.5. The summed E-state index contributed by atoms with van der Waals surface area (Å²) in [6.07, 6.45) is 1.26. The lowest BCUT2D eigenvalue weighted by atomic mass is 10.2. The number of halogens is 1. The molecule has 0 heterocycles. The van der Waals surface area contributed by atoms with Crippen molar-refractivity contribution in [1.29, 1.82) is 0 Å². The number of nitrogens with one attached hydrogen (secondary N) is 2. The Morgan fingerprint density at radius 1 is 1.22 bits per heavy atom. The molecular formula is C19H20ClN3O4. The van der Waals surface area contributed by atoms with Crippen LogP contribution in [0.5, 0.6) is 11.5 Å². The fraction of sp³-hybridized carbons (Fsp3) is 0.211. The van der Waals surface area contributed by atoms with E-state index < -0.39 is 5.91 Å². The van der Waals surface area contributed by atoms with Gasteiger partial charge in [-0.3, -0.25) is 9.59 Å². The maximum Gasteiger partial charge on any atom is 0.240 e. The fourth-order valence-corrected chi connectivity index (χ4v) is 2.34. The Morgan fingerprint density at radius 3 is 2.67 bits per heavy atom. The van der Waals surface area contributed by atoms with Gasteiger partial charge in [0.15, 0.2) is 11.5 Å². The average molecular weight is 390 g/mol. The fourth-order valence-electron chi connectivity index (χ4n) is 2.16. The van der Waals surface area contributed by atoms with Crippen LogP contribution in [-0.4, -0.2) is 30.2 Å². The molecule has 3 N–H and O–H groups in total. The maximum absolute atomic E-state index is 11.9. The van der Waals surface area contributed by atoms with Crippen molar-refractivity contribution in [2.45, 2.75) is 19.8 Å². The molecule has 0 aliphatic heterocycles. The van der Waals surface area contributed by atoms with E-state index in [0.717, 1.165) is 5.56 Å². The number of para-hydroxylation sites is 1. The number of methoxy groups -OCH3 is 1. The van der Waals surface area contributed by atoms with Gasteiger partial charge in [-0.2, -0.15) is 5.10 Å². The van der Waals surface area contributed by atoms with Crippen LogP contribution in [0.1, 0.15) is 24.0 Å². The number of ether oxygens (including phenoxy) is 1. The monoisotopic (exact) mass is 389 g/mol. The summed E-state index contributed by atoms with van der Waals surface area (Å²) in [6.45, 7) is 1.87. The second kappa shape index (κ2) is 9.59. The van der Waals surface area contributed by atoms with Gasteiger partial charge in [0.05, 0.1) is 13.3 Å². The summed E-state index contributed by atoms with van der Waals surface area (Å²) in [5.41, 5.74) is 4.18. The number of anilines is 1. The van der Waals surface area contributed by atoms with Crippen molar-refractivity contribution in [1.82, 2.24) is 5.43 Å². The van der Waals surface area contributed by atoms with Crippen LogP contribution in [-0.2, 0) is 9.59 Å². The van der Waals surface area contributed by atoms with Gasteiger partial charge in [-0.15, -0.1) is 0 Å². The van der Waals surface area contributed by atoms with Crippen LogP contribution in [0.3, 0.4) is 0 Å². The first kappa shape index (κ1) is 20.3. The minimum Gasteiger partial charge on any atom is -0.504 e. The van der Waals surface area contributed by atoms with Crippen molar-refractivity contribution in [3.05, 3.63) is 52.5 Å². The molecule has 0 saturated carbocycles. The van der Waals surface area contributed by atoms with Gasteiger partial charge in [0, 0.05) is 29.1 Å². The van der Waals surface area contributed by atoms with Crippen molar-refractivity contribution in [2.24, 2.45) is 5.10 Å². The molecule has 0 aliphatic carbocycles. The predicted molar refractivity (Wildman–Crippen MR) is 104 cm³/mol. The normalized spacial score (nSPS) is 10.6. The van der Waals surface area contributed by atoms with Gasteiger partial charge >= 0.3 is 0 Å². The molecule has 0 aliphatic rings. The molecule has 0 saturated heterocycles. The zero-order valence-electron chi connectivity index (χ0n) is 15.0. The Balaban J connectivity index is 1.80. The molecule has 7 nitrogen and oxygen atoms in total. The Morgan fingerprint density at radius 2 is 1.96 bits per heavy atom. The van der Waals surface area contributed by atoms with E-state index >= 15 is 0 Å². The zero-order chi connectivity index (χ0) is 19.8. The third-order valence-corrected chi connectivity index (χ3v) is 4.08. The van der Waals surface area contributed by atoms with E-state index in [1.54, 1.807) is 36.4 Å². The van der Waals surface area contributed by atoms with E-state index in [1.807, 2.05) is 6.92 Å². The van der Waals surface area contributed by atoms with Crippen molar-refractivity contribution >= 4 is 35.3 Å². The molecule has 2 rings (SSSR count). The van der Waals surface area contributed by atoms with Crippen molar-refractivity contribution in [3.8, 4) is 11.5 Å². The van der Waals surface area contributed by atoms with Crippen molar-refractivity contribution in [2.75, 3.05) is 12.4 Å². The number of carbonyl (C=O) groups is 2. The molecule has 27 heavy (non-hydrogen) atoms. The highest BCUT2D eigenvalue weighted by Crippen LogP contribution is 2.27. The lowest BCUT2D eigenvalue weighted by molar-refractivity contribution is -0.124. The van der Waals surface area contributed by atoms with Gasteiger partial charge in [-0.05, 0) is 36.8 Å². The van der Waals surface area contributed by atoms with Gasteiger partial charge in [-0.25, -0.2) is 5.43 Å². The molecule has 142 valence electrons. The summed E-state index contributed by atoms with van der Waals surface area (Å²) in [5.74, 6) is -0.502. The van der Waals surface area contributed by atoms with E-state index in [9.17, 15) is 14.7 Å². The smallest absolute Gasteiger partial charge is 0.240 e. The average Bonchev–Trinajstić information content (AvgIpc) is 2.64. The van der Waals surface area contributed by atoms with E-state index in [4.69, 9.17) is 16.3 Å². The quantitative estimate of drug-likeness (QED) is 0.500. The first-order valence-electron chi connectivity index (χ1n) is 8.14. The SMILES string of the molecule is COc1cccc(/C=N/NC(=O)CCC(=O)Nc2ccc(C)c(Cl)c2)c1O. The summed E-state index contributed by atoms with van der Waals surface area (Å²) in [6, 6.07) is 10.1. The topological polar surface area (TPSA) is 100 Å². The molecule has 0 radical (unpaired) electrons. The highest BCUT2D eigenvalue weighted by Gasteiger charge is 2.08. The Kier molecular flexibility index (Phi) is 7.19. The molecule has 2 amide bonds. The molecule has 0 spiro atoms. The van der Waals surface area contributed by atoms with Crippen molar-refractivity contribution < 1.29 is 19.4 Å². The van der Waals surface area contributed by atoms with E-state index in [2.05, 4.69) is 15.8 Å². The number of hydrazone groups is 1. The van der Waals surface area contributed by atoms with Crippen LogP contribution in [0.4, 0.5) is 5.69 Å². The molecule has 2 aromatic rings. The Labute approximate surface area is 162 Å². The second-order valence-electron chi connectivity index (χ2n) is 5.70. The predicted octanol–water partition coefficient (Wildman–Crippen LogP) is 3.23. The standard InChI is InChI=1S/C19H20ClN3O4/c1-12-6-7-14(10-15(12)20)22-17(24)8-9-18(25)23-21-11-13-4-3-5-16(27-2)19(13)26/h3-7,10-11,26H,8-9H2,1-2H3,(H,22,24)(H,23,25)/b21-11+. The number of benzene rings is 2. The van der Waals surface area contributed by atoms with E-state index in [0.29, 0.717) is 22.0 Å². The molecule has 0 bridgehead atoms. The van der Waals surface area contributed by atoms with Crippen LogP contribution < -0.4 is 15.5 Å². The summed E-state index contributed by atoms with van der Waals surface area (Å²) in [4.78, 5) is 23.7. The summed E-state index contributed by atoms with van der Waals surface area (Å²) in [7, 11) is 1.44. The van der Waals surface area contributed by atoms with Gasteiger partial charge in [0.1, 0.15) is 0 Å².